The van der Waals surface area contributed by atoms with E-state index in [9.17, 15) is 9.59 Å². The maximum Gasteiger partial charge on any atom is 0.347 e. The summed E-state index contributed by atoms with van der Waals surface area (Å²) in [6, 6.07) is 1.71. The molecular weight excluding hydrogens is 148 g/mol. The van der Waals surface area contributed by atoms with Gasteiger partial charge in [-0.25, -0.2) is 23.9 Å². The van der Waals surface area contributed by atoms with Crippen molar-refractivity contribution in [1.82, 2.24) is 14.3 Å². The first-order valence-corrected chi connectivity index (χ1v) is 2.89. The Kier molecular flexibility index (Phi) is 1.64. The Morgan fingerprint density at radius 1 is 1.64 bits per heavy atom. The summed E-state index contributed by atoms with van der Waals surface area (Å²) in [6.45, 7) is -0.213. The topological polar surface area (TPSA) is 83.6 Å². The van der Waals surface area contributed by atoms with Crippen LogP contribution in [0.4, 0.5) is 0 Å². The normalized spacial score (nSPS) is 9.45. The summed E-state index contributed by atoms with van der Waals surface area (Å²) in [5.74, 6) is 0. The van der Waals surface area contributed by atoms with Gasteiger partial charge in [0, 0.05) is 7.05 Å². The van der Waals surface area contributed by atoms with Crippen LogP contribution in [0.15, 0.2) is 9.59 Å². The van der Waals surface area contributed by atoms with E-state index in [0.717, 1.165) is 9.25 Å². The third kappa shape index (κ3) is 1.08. The van der Waals surface area contributed by atoms with Gasteiger partial charge in [-0.1, -0.05) is 0 Å². The van der Waals surface area contributed by atoms with Gasteiger partial charge in [0.05, 0.1) is 6.07 Å². The second kappa shape index (κ2) is 2.46. The number of aromatic amines is 1. The van der Waals surface area contributed by atoms with Gasteiger partial charge >= 0.3 is 11.4 Å². The third-order valence-electron chi connectivity index (χ3n) is 1.26. The van der Waals surface area contributed by atoms with Crippen LogP contribution in [0, 0.1) is 11.3 Å². The molecule has 0 saturated carbocycles. The van der Waals surface area contributed by atoms with E-state index in [4.69, 9.17) is 5.26 Å². The molecule has 11 heavy (non-hydrogen) atoms. The van der Waals surface area contributed by atoms with Crippen LogP contribution in [0.1, 0.15) is 0 Å². The summed E-state index contributed by atoms with van der Waals surface area (Å²) in [6.07, 6.45) is 0. The standard InChI is InChI=1S/C5H6N4O2/c1-8-5(11)9(3-2-6)4(10)7-8/h3H2,1H3,(H,7,10). The Hall–Kier alpha value is -1.77. The predicted molar refractivity (Wildman–Crippen MR) is 35.9 cm³/mol. The molecule has 1 N–H and O–H groups in total. The number of nitriles is 1. The molecule has 0 aliphatic heterocycles. The average Bonchev–Trinajstić information content (AvgIpc) is 2.17. The highest BCUT2D eigenvalue weighted by Gasteiger charge is 2.03. The molecule has 0 radical (unpaired) electrons. The molecule has 0 amide bonds. The smallest absolute Gasteiger partial charge is 0.246 e. The Balaban J connectivity index is 3.38. The summed E-state index contributed by atoms with van der Waals surface area (Å²) in [7, 11) is 1.41. The molecule has 1 rings (SSSR count). The Bertz CT molecular complexity index is 401. The minimum atomic E-state index is -0.556. The van der Waals surface area contributed by atoms with Gasteiger partial charge in [0.15, 0.2) is 0 Å². The van der Waals surface area contributed by atoms with Crippen molar-refractivity contribution in [3.63, 3.8) is 0 Å². The van der Waals surface area contributed by atoms with E-state index in [1.54, 1.807) is 6.07 Å². The quantitative estimate of drug-likeness (QED) is 0.528. The molecule has 0 spiro atoms. The van der Waals surface area contributed by atoms with Crippen molar-refractivity contribution >= 4 is 0 Å². The van der Waals surface area contributed by atoms with E-state index in [2.05, 4.69) is 5.10 Å². The fourth-order valence-electron chi connectivity index (χ4n) is 0.730. The van der Waals surface area contributed by atoms with Gasteiger partial charge < -0.3 is 0 Å². The molecule has 58 valence electrons. The zero-order valence-electron chi connectivity index (χ0n) is 5.87. The molecule has 0 unspecified atom stereocenters. The van der Waals surface area contributed by atoms with Crippen molar-refractivity contribution in [3.05, 3.63) is 21.0 Å². The summed E-state index contributed by atoms with van der Waals surface area (Å²) in [5.41, 5.74) is -1.06. The fraction of sp³-hybridized carbons (Fsp3) is 0.400. The van der Waals surface area contributed by atoms with E-state index >= 15 is 0 Å². The summed E-state index contributed by atoms with van der Waals surface area (Å²) >= 11 is 0. The number of nitrogens with one attached hydrogen (secondary N) is 1. The van der Waals surface area contributed by atoms with E-state index in [1.807, 2.05) is 0 Å². The molecule has 0 aromatic carbocycles. The van der Waals surface area contributed by atoms with Gasteiger partial charge in [-0.15, -0.1) is 0 Å². The highest BCUT2D eigenvalue weighted by Crippen LogP contribution is 1.66. The molecule has 1 aromatic rings. The van der Waals surface area contributed by atoms with Crippen LogP contribution in [0.25, 0.3) is 0 Å². The van der Waals surface area contributed by atoms with E-state index < -0.39 is 11.4 Å². The van der Waals surface area contributed by atoms with E-state index in [0.29, 0.717) is 0 Å². The monoisotopic (exact) mass is 154 g/mol. The van der Waals surface area contributed by atoms with Crippen molar-refractivity contribution in [2.75, 3.05) is 0 Å². The van der Waals surface area contributed by atoms with Crippen molar-refractivity contribution in [2.45, 2.75) is 6.54 Å². The molecule has 0 bridgehead atoms. The largest absolute Gasteiger partial charge is 0.347 e. The van der Waals surface area contributed by atoms with Crippen LogP contribution in [-0.4, -0.2) is 14.3 Å². The minimum absolute atomic E-state index is 0.213. The lowest BCUT2D eigenvalue weighted by molar-refractivity contribution is 0.700. The van der Waals surface area contributed by atoms with Gasteiger partial charge in [0.2, 0.25) is 0 Å². The van der Waals surface area contributed by atoms with Crippen LogP contribution < -0.4 is 11.4 Å². The van der Waals surface area contributed by atoms with Crippen LogP contribution in [0.5, 0.6) is 0 Å². The summed E-state index contributed by atoms with van der Waals surface area (Å²) in [4.78, 5) is 21.7. The zero-order valence-corrected chi connectivity index (χ0v) is 5.87. The second-order valence-corrected chi connectivity index (χ2v) is 2.00. The fourth-order valence-corrected chi connectivity index (χ4v) is 0.730. The molecular formula is C5H6N4O2. The molecule has 0 saturated heterocycles. The van der Waals surface area contributed by atoms with Crippen molar-refractivity contribution in [2.24, 2.45) is 7.05 Å². The highest BCUT2D eigenvalue weighted by molar-refractivity contribution is 4.77. The first kappa shape index (κ1) is 7.34. The number of hydrogen-bond donors (Lipinski definition) is 1. The van der Waals surface area contributed by atoms with Crippen LogP contribution in [0.3, 0.4) is 0 Å². The van der Waals surface area contributed by atoms with Gasteiger partial charge in [-0.3, -0.25) is 0 Å². The van der Waals surface area contributed by atoms with Crippen molar-refractivity contribution in [3.8, 4) is 6.07 Å². The number of hydrogen-bond acceptors (Lipinski definition) is 3. The lowest BCUT2D eigenvalue weighted by atomic mass is 10.7. The predicted octanol–water partition coefficient (Wildman–Crippen LogP) is -1.60. The molecule has 6 heteroatoms. The molecule has 0 fully saturated rings. The summed E-state index contributed by atoms with van der Waals surface area (Å²) < 4.78 is 1.85. The van der Waals surface area contributed by atoms with E-state index in [1.165, 1.54) is 7.05 Å². The lowest BCUT2D eigenvalue weighted by Crippen LogP contribution is -2.27. The first-order valence-electron chi connectivity index (χ1n) is 2.89. The second-order valence-electron chi connectivity index (χ2n) is 2.00. The number of aryl methyl sites for hydroxylation is 1. The van der Waals surface area contributed by atoms with Gasteiger partial charge in [-0.2, -0.15) is 5.26 Å². The molecule has 0 aliphatic carbocycles. The average molecular weight is 154 g/mol. The third-order valence-corrected chi connectivity index (χ3v) is 1.26. The van der Waals surface area contributed by atoms with E-state index in [-0.39, 0.29) is 6.54 Å². The Morgan fingerprint density at radius 2 is 2.27 bits per heavy atom. The zero-order chi connectivity index (χ0) is 8.43. The number of aromatic nitrogens is 3. The van der Waals surface area contributed by atoms with Gasteiger partial charge in [0.25, 0.3) is 0 Å². The van der Waals surface area contributed by atoms with Crippen molar-refractivity contribution in [1.29, 1.82) is 5.26 Å². The SMILES string of the molecule is Cn1[nH]c(=O)n(CC#N)c1=O. The number of H-pyrrole nitrogens is 1. The molecule has 0 aliphatic rings. The van der Waals surface area contributed by atoms with Crippen LogP contribution >= 0.6 is 0 Å². The van der Waals surface area contributed by atoms with Crippen LogP contribution in [-0.2, 0) is 13.6 Å². The maximum absolute atomic E-state index is 10.9. The lowest BCUT2D eigenvalue weighted by Gasteiger charge is -1.84. The first-order chi connectivity index (χ1) is 5.16. The van der Waals surface area contributed by atoms with Crippen molar-refractivity contribution < 1.29 is 0 Å². The number of rotatable bonds is 1. The molecule has 1 heterocycles. The number of nitrogens with zero attached hydrogens (tertiary/aromatic N) is 3. The molecule has 1 aromatic heterocycles. The molecule has 0 atom stereocenters. The molecule has 6 nitrogen and oxygen atoms in total. The summed E-state index contributed by atoms with van der Waals surface area (Å²) in [5, 5.41) is 10.4. The minimum Gasteiger partial charge on any atom is -0.246 e. The van der Waals surface area contributed by atoms with Crippen LogP contribution in [0.2, 0.25) is 0 Å². The van der Waals surface area contributed by atoms with Gasteiger partial charge in [0.1, 0.15) is 6.54 Å². The van der Waals surface area contributed by atoms with Gasteiger partial charge in [-0.05, 0) is 0 Å². The highest BCUT2D eigenvalue weighted by atomic mass is 16.2. The Morgan fingerprint density at radius 3 is 2.64 bits per heavy atom. The maximum atomic E-state index is 10.9. The Labute approximate surface area is 61.3 Å².